The number of likely N-dealkylation sites (tertiary alicyclic amines) is 1. The van der Waals surface area contributed by atoms with Gasteiger partial charge in [0.25, 0.3) is 0 Å². The fourth-order valence-corrected chi connectivity index (χ4v) is 7.89. The van der Waals surface area contributed by atoms with E-state index in [2.05, 4.69) is 26.1 Å². The molecule has 0 unspecified atom stereocenters. The Labute approximate surface area is 207 Å². The number of aromatic amines is 1. The molecule has 0 aliphatic carbocycles. The first kappa shape index (κ1) is 22.8. The van der Waals surface area contributed by atoms with E-state index in [1.54, 1.807) is 21.8 Å². The van der Waals surface area contributed by atoms with Crippen molar-refractivity contribution < 1.29 is 13.2 Å². The van der Waals surface area contributed by atoms with Gasteiger partial charge in [-0.2, -0.15) is 9.40 Å². The number of piperidine rings is 1. The third-order valence-electron chi connectivity index (χ3n) is 6.84. The Hall–Kier alpha value is -2.64. The molecule has 35 heavy (non-hydrogen) atoms. The van der Waals surface area contributed by atoms with E-state index in [1.807, 2.05) is 18.2 Å². The van der Waals surface area contributed by atoms with E-state index < -0.39 is 10.0 Å². The minimum absolute atomic E-state index is 0.311. The molecule has 3 aromatic heterocycles. The van der Waals surface area contributed by atoms with E-state index in [0.717, 1.165) is 51.2 Å². The average molecular weight is 514 g/mol. The number of nitrogen functional groups attached to an aromatic ring is 1. The van der Waals surface area contributed by atoms with Gasteiger partial charge in [-0.1, -0.05) is 12.1 Å². The number of nitrogens with one attached hydrogen (secondary N) is 1. The van der Waals surface area contributed by atoms with Crippen LogP contribution in [0, 0.1) is 0 Å². The van der Waals surface area contributed by atoms with E-state index in [-0.39, 0.29) is 5.25 Å². The highest BCUT2D eigenvalue weighted by molar-refractivity contribution is 7.89. The van der Waals surface area contributed by atoms with Crippen LogP contribution >= 0.6 is 11.3 Å². The molecule has 0 spiro atoms. The molecule has 10 nitrogen and oxygen atoms in total. The number of hydrogen-bond donors (Lipinski definition) is 2. The second-order valence-electron chi connectivity index (χ2n) is 9.03. The Morgan fingerprint density at radius 1 is 1.14 bits per heavy atom. The van der Waals surface area contributed by atoms with Crippen molar-refractivity contribution in [1.29, 1.82) is 0 Å². The largest absolute Gasteiger partial charge is 0.382 e. The SMILES string of the molecule is Nc1nc(-c2cccc3[nH]ncc23)nc2cc(CN3CCC(S(=O)(=O)N4CCOCC4)CC3)sc12. The molecule has 2 fully saturated rings. The van der Waals surface area contributed by atoms with Crippen molar-refractivity contribution in [2.24, 2.45) is 0 Å². The lowest BCUT2D eigenvalue weighted by atomic mass is 10.1. The third-order valence-corrected chi connectivity index (χ3v) is 10.4. The molecule has 2 aliphatic rings. The minimum Gasteiger partial charge on any atom is -0.382 e. The van der Waals surface area contributed by atoms with Gasteiger partial charge in [0.15, 0.2) is 5.82 Å². The number of benzene rings is 1. The number of ether oxygens (including phenoxy) is 1. The molecule has 6 rings (SSSR count). The number of rotatable bonds is 5. The fourth-order valence-electron chi connectivity index (χ4n) is 4.96. The summed E-state index contributed by atoms with van der Waals surface area (Å²) in [4.78, 5) is 12.9. The molecule has 5 heterocycles. The van der Waals surface area contributed by atoms with E-state index in [1.165, 1.54) is 0 Å². The summed E-state index contributed by atoms with van der Waals surface area (Å²) >= 11 is 1.61. The minimum atomic E-state index is -3.26. The van der Waals surface area contributed by atoms with Crippen molar-refractivity contribution in [2.45, 2.75) is 24.6 Å². The summed E-state index contributed by atoms with van der Waals surface area (Å²) in [5.41, 5.74) is 8.99. The van der Waals surface area contributed by atoms with Crippen molar-refractivity contribution in [3.63, 3.8) is 0 Å². The highest BCUT2D eigenvalue weighted by Crippen LogP contribution is 2.33. The lowest BCUT2D eigenvalue weighted by Crippen LogP contribution is -2.48. The highest BCUT2D eigenvalue weighted by atomic mass is 32.2. The van der Waals surface area contributed by atoms with Crippen LogP contribution in [0.25, 0.3) is 32.5 Å². The molecule has 4 aromatic rings. The first-order valence-corrected chi connectivity index (χ1v) is 14.1. The predicted molar refractivity (Wildman–Crippen MR) is 137 cm³/mol. The standard InChI is InChI=1S/C23H27N7O3S2/c24-22-21-20(26-23(27-22)17-2-1-3-19-18(17)13-25-28-19)12-15(34-21)14-29-6-4-16(5-7-29)35(31,32)30-8-10-33-11-9-30/h1-3,12-13,16H,4-11,14H2,(H,25,28)(H2,24,26,27). The Balaban J connectivity index is 1.17. The number of H-pyrrole nitrogens is 1. The summed E-state index contributed by atoms with van der Waals surface area (Å²) in [5.74, 6) is 1.05. The normalized spacial score (nSPS) is 19.1. The van der Waals surface area contributed by atoms with Gasteiger partial charge < -0.3 is 10.5 Å². The molecule has 2 aliphatic heterocycles. The van der Waals surface area contributed by atoms with Crippen molar-refractivity contribution in [1.82, 2.24) is 29.4 Å². The zero-order valence-electron chi connectivity index (χ0n) is 19.2. The maximum atomic E-state index is 13.0. The Morgan fingerprint density at radius 3 is 2.74 bits per heavy atom. The van der Waals surface area contributed by atoms with Crippen LogP contribution in [0.4, 0.5) is 5.82 Å². The predicted octanol–water partition coefficient (Wildman–Crippen LogP) is 2.44. The number of aromatic nitrogens is 4. The van der Waals surface area contributed by atoms with Crippen molar-refractivity contribution in [3.05, 3.63) is 35.3 Å². The number of sulfonamides is 1. The topological polar surface area (TPSA) is 130 Å². The molecule has 1 aromatic carbocycles. The molecule has 12 heteroatoms. The zero-order chi connectivity index (χ0) is 24.0. The van der Waals surface area contributed by atoms with Gasteiger partial charge in [0.05, 0.1) is 40.4 Å². The van der Waals surface area contributed by atoms with Gasteiger partial charge >= 0.3 is 0 Å². The molecular formula is C23H27N7O3S2. The number of nitrogens with two attached hydrogens (primary N) is 1. The summed E-state index contributed by atoms with van der Waals surface area (Å²) in [5, 5.41) is 7.75. The van der Waals surface area contributed by atoms with Crippen LogP contribution < -0.4 is 5.73 Å². The molecule has 0 amide bonds. The van der Waals surface area contributed by atoms with Gasteiger partial charge in [-0.05, 0) is 38.1 Å². The van der Waals surface area contributed by atoms with Gasteiger partial charge in [0, 0.05) is 35.5 Å². The molecule has 0 atom stereocenters. The van der Waals surface area contributed by atoms with Crippen molar-refractivity contribution >= 4 is 48.3 Å². The number of thiophene rings is 1. The van der Waals surface area contributed by atoms with E-state index in [9.17, 15) is 8.42 Å². The maximum Gasteiger partial charge on any atom is 0.217 e. The van der Waals surface area contributed by atoms with Gasteiger partial charge in [-0.25, -0.2) is 18.4 Å². The molecule has 0 saturated carbocycles. The smallest absolute Gasteiger partial charge is 0.217 e. The van der Waals surface area contributed by atoms with Crippen molar-refractivity contribution in [2.75, 3.05) is 45.1 Å². The lowest BCUT2D eigenvalue weighted by Gasteiger charge is -2.35. The fraction of sp³-hybridized carbons (Fsp3) is 0.435. The number of morpholine rings is 1. The van der Waals surface area contributed by atoms with E-state index in [4.69, 9.17) is 15.5 Å². The number of fused-ring (bicyclic) bond motifs is 2. The molecule has 184 valence electrons. The van der Waals surface area contributed by atoms with Crippen LogP contribution in [0.15, 0.2) is 30.5 Å². The molecule has 0 radical (unpaired) electrons. The van der Waals surface area contributed by atoms with Crippen LogP contribution in [0.5, 0.6) is 0 Å². The molecule has 2 saturated heterocycles. The van der Waals surface area contributed by atoms with Gasteiger partial charge in [-0.15, -0.1) is 11.3 Å². The van der Waals surface area contributed by atoms with Crippen LogP contribution in [0.2, 0.25) is 0 Å². The molecule has 0 bridgehead atoms. The summed E-state index contributed by atoms with van der Waals surface area (Å²) in [6, 6.07) is 7.96. The van der Waals surface area contributed by atoms with Crippen LogP contribution in [-0.4, -0.2) is 82.4 Å². The quantitative estimate of drug-likeness (QED) is 0.416. The summed E-state index contributed by atoms with van der Waals surface area (Å²) in [6.07, 6.45) is 3.06. The van der Waals surface area contributed by atoms with Gasteiger partial charge in [-0.3, -0.25) is 10.00 Å². The van der Waals surface area contributed by atoms with Gasteiger partial charge in [0.1, 0.15) is 5.82 Å². The monoisotopic (exact) mass is 513 g/mol. The molecule has 3 N–H and O–H groups in total. The van der Waals surface area contributed by atoms with Crippen molar-refractivity contribution in [3.8, 4) is 11.4 Å². The van der Waals surface area contributed by atoms with Crippen LogP contribution in [-0.2, 0) is 21.3 Å². The number of nitrogens with zero attached hydrogens (tertiary/aromatic N) is 5. The second-order valence-corrected chi connectivity index (χ2v) is 12.4. The summed E-state index contributed by atoms with van der Waals surface area (Å²) < 4.78 is 33.8. The summed E-state index contributed by atoms with van der Waals surface area (Å²) in [6.45, 7) is 4.13. The molecular weight excluding hydrogens is 486 g/mol. The Kier molecular flexibility index (Phi) is 5.93. The maximum absolute atomic E-state index is 13.0. The van der Waals surface area contributed by atoms with Crippen LogP contribution in [0.3, 0.4) is 0 Å². The second kappa shape index (κ2) is 9.10. The summed E-state index contributed by atoms with van der Waals surface area (Å²) in [7, 11) is -3.26. The first-order valence-electron chi connectivity index (χ1n) is 11.8. The lowest BCUT2D eigenvalue weighted by molar-refractivity contribution is 0.0720. The van der Waals surface area contributed by atoms with E-state index in [0.29, 0.717) is 50.8 Å². The number of anilines is 1. The van der Waals surface area contributed by atoms with E-state index >= 15 is 0 Å². The van der Waals surface area contributed by atoms with Gasteiger partial charge in [0.2, 0.25) is 10.0 Å². The first-order chi connectivity index (χ1) is 17.0. The number of hydrogen-bond acceptors (Lipinski definition) is 9. The zero-order valence-corrected chi connectivity index (χ0v) is 20.8. The third kappa shape index (κ3) is 4.29. The average Bonchev–Trinajstić information content (AvgIpc) is 3.52. The Bertz CT molecular complexity index is 1470. The highest BCUT2D eigenvalue weighted by Gasteiger charge is 2.35. The Morgan fingerprint density at radius 2 is 1.94 bits per heavy atom. The van der Waals surface area contributed by atoms with Crippen LogP contribution in [0.1, 0.15) is 17.7 Å².